The average Bonchev–Trinajstić information content (AvgIpc) is 2.53. The summed E-state index contributed by atoms with van der Waals surface area (Å²) in [6, 6.07) is 8.84. The Morgan fingerprint density at radius 1 is 1.45 bits per heavy atom. The van der Waals surface area contributed by atoms with Crippen LogP contribution in [0.2, 0.25) is 0 Å². The topological polar surface area (TPSA) is 32.3 Å². The summed E-state index contributed by atoms with van der Waals surface area (Å²) in [5.74, 6) is 0.253. The van der Waals surface area contributed by atoms with Crippen LogP contribution >= 0.6 is 11.8 Å². The largest absolute Gasteiger partial charge is 0.332 e. The van der Waals surface area contributed by atoms with E-state index in [1.165, 1.54) is 11.1 Å². The van der Waals surface area contributed by atoms with E-state index in [-0.39, 0.29) is 17.2 Å². The molecule has 1 amide bonds. The maximum atomic E-state index is 12.5. The van der Waals surface area contributed by atoms with E-state index in [9.17, 15) is 4.79 Å². The minimum absolute atomic E-state index is 0.0329. The second kappa shape index (κ2) is 7.14. The molecule has 1 aromatic carbocycles. The van der Waals surface area contributed by atoms with Crippen LogP contribution in [0.25, 0.3) is 0 Å². The molecule has 1 N–H and O–H groups in total. The maximum Gasteiger partial charge on any atom is 0.235 e. The molecule has 0 saturated carbocycles. The Morgan fingerprint density at radius 3 is 2.75 bits per heavy atom. The van der Waals surface area contributed by atoms with Crippen LogP contribution in [-0.4, -0.2) is 41.9 Å². The quantitative estimate of drug-likeness (QED) is 0.925. The number of piperazine rings is 1. The Bertz CT molecular complexity index is 446. The summed E-state index contributed by atoms with van der Waals surface area (Å²) in [5, 5.41) is 3.44. The Labute approximate surface area is 126 Å². The number of hydrogen-bond acceptors (Lipinski definition) is 3. The van der Waals surface area contributed by atoms with Crippen molar-refractivity contribution in [2.45, 2.75) is 31.6 Å². The summed E-state index contributed by atoms with van der Waals surface area (Å²) < 4.78 is 0. The normalized spacial score (nSPS) is 20.8. The fourth-order valence-electron chi connectivity index (χ4n) is 2.58. The number of aryl methyl sites for hydroxylation is 1. The molecule has 4 heteroatoms. The molecule has 0 aliphatic carbocycles. The number of hydrogen-bond donors (Lipinski definition) is 1. The summed E-state index contributed by atoms with van der Waals surface area (Å²) in [4.78, 5) is 14.6. The van der Waals surface area contributed by atoms with Crippen LogP contribution in [-0.2, 0) is 11.2 Å². The highest BCUT2D eigenvalue weighted by atomic mass is 32.2. The van der Waals surface area contributed by atoms with Crippen LogP contribution in [0, 0.1) is 0 Å². The van der Waals surface area contributed by atoms with E-state index >= 15 is 0 Å². The van der Waals surface area contributed by atoms with Crippen LogP contribution in [0.3, 0.4) is 0 Å². The first-order valence-corrected chi connectivity index (χ1v) is 8.59. The molecule has 1 aliphatic rings. The van der Waals surface area contributed by atoms with Gasteiger partial charge in [0.2, 0.25) is 5.91 Å². The number of carbonyl (C=O) groups is 1. The van der Waals surface area contributed by atoms with Gasteiger partial charge in [-0.05, 0) is 30.7 Å². The summed E-state index contributed by atoms with van der Waals surface area (Å²) in [6.45, 7) is 6.68. The molecule has 1 fully saturated rings. The number of nitrogens with one attached hydrogen (secondary N) is 1. The van der Waals surface area contributed by atoms with Gasteiger partial charge in [0, 0.05) is 19.6 Å². The minimum atomic E-state index is 0.0329. The third-order valence-corrected chi connectivity index (χ3v) is 4.91. The molecule has 0 bridgehead atoms. The molecule has 0 radical (unpaired) electrons. The lowest BCUT2D eigenvalue weighted by atomic mass is 10.0. The fraction of sp³-hybridized carbons (Fsp3) is 0.562. The van der Waals surface area contributed by atoms with E-state index in [4.69, 9.17) is 0 Å². The molecular formula is C16H24N2OS. The van der Waals surface area contributed by atoms with Gasteiger partial charge in [-0.2, -0.15) is 11.8 Å². The third-order valence-electron chi connectivity index (χ3n) is 4.00. The van der Waals surface area contributed by atoms with Gasteiger partial charge >= 0.3 is 0 Å². The first-order valence-electron chi connectivity index (χ1n) is 7.30. The lowest BCUT2D eigenvalue weighted by molar-refractivity contribution is -0.133. The van der Waals surface area contributed by atoms with Crippen LogP contribution in [0.4, 0.5) is 0 Å². The van der Waals surface area contributed by atoms with Gasteiger partial charge in [0.25, 0.3) is 0 Å². The smallest absolute Gasteiger partial charge is 0.235 e. The molecule has 110 valence electrons. The second-order valence-corrected chi connectivity index (χ2v) is 6.40. The molecule has 1 saturated heterocycles. The number of amides is 1. The number of thioether (sulfide) groups is 1. The van der Waals surface area contributed by atoms with E-state index in [1.807, 2.05) is 18.1 Å². The summed E-state index contributed by atoms with van der Waals surface area (Å²) in [7, 11) is 0. The highest BCUT2D eigenvalue weighted by Crippen LogP contribution is 2.25. The Kier molecular flexibility index (Phi) is 5.49. The Hall–Kier alpha value is -1.00. The van der Waals surface area contributed by atoms with E-state index < -0.39 is 0 Å². The highest BCUT2D eigenvalue weighted by Gasteiger charge is 2.30. The van der Waals surface area contributed by atoms with E-state index in [0.29, 0.717) is 0 Å². The van der Waals surface area contributed by atoms with Gasteiger partial charge in [-0.3, -0.25) is 4.79 Å². The van der Waals surface area contributed by atoms with E-state index in [2.05, 4.69) is 36.5 Å². The van der Waals surface area contributed by atoms with Crippen molar-refractivity contribution in [3.63, 3.8) is 0 Å². The summed E-state index contributed by atoms with van der Waals surface area (Å²) in [5.41, 5.74) is 2.57. The van der Waals surface area contributed by atoms with Gasteiger partial charge in [0.1, 0.15) is 0 Å². The van der Waals surface area contributed by atoms with Crippen molar-refractivity contribution in [2.75, 3.05) is 25.9 Å². The van der Waals surface area contributed by atoms with Crippen molar-refractivity contribution in [3.8, 4) is 0 Å². The lowest BCUT2D eigenvalue weighted by Gasteiger charge is -2.38. The van der Waals surface area contributed by atoms with Crippen molar-refractivity contribution in [1.29, 1.82) is 0 Å². The first-order chi connectivity index (χ1) is 9.67. The number of carbonyl (C=O) groups excluding carboxylic acids is 1. The van der Waals surface area contributed by atoms with Crippen molar-refractivity contribution in [1.82, 2.24) is 10.2 Å². The molecule has 1 heterocycles. The molecule has 2 rings (SSSR count). The SMILES string of the molecule is CCc1ccc(C2CNCCN2C(=O)C(C)SC)cc1. The minimum Gasteiger partial charge on any atom is -0.332 e. The standard InChI is InChI=1S/C16H24N2OS/c1-4-13-5-7-14(8-6-13)15-11-17-9-10-18(15)16(19)12(2)20-3/h5-8,12,15,17H,4,9-11H2,1-3H3. The molecule has 20 heavy (non-hydrogen) atoms. The van der Waals surface area contributed by atoms with Gasteiger partial charge in [-0.15, -0.1) is 0 Å². The molecule has 1 aromatic rings. The fourth-order valence-corrected chi connectivity index (χ4v) is 2.91. The average molecular weight is 292 g/mol. The molecule has 0 aromatic heterocycles. The van der Waals surface area contributed by atoms with Crippen LogP contribution in [0.5, 0.6) is 0 Å². The molecule has 2 unspecified atom stereocenters. The van der Waals surface area contributed by atoms with Crippen LogP contribution in [0.1, 0.15) is 31.0 Å². The summed E-state index contributed by atoms with van der Waals surface area (Å²) >= 11 is 1.62. The van der Waals surface area contributed by atoms with Crippen LogP contribution in [0.15, 0.2) is 24.3 Å². The zero-order valence-electron chi connectivity index (χ0n) is 12.6. The Balaban J connectivity index is 2.19. The zero-order valence-corrected chi connectivity index (χ0v) is 13.4. The van der Waals surface area contributed by atoms with E-state index in [0.717, 1.165) is 26.1 Å². The zero-order chi connectivity index (χ0) is 14.5. The third kappa shape index (κ3) is 3.36. The summed E-state index contributed by atoms with van der Waals surface area (Å²) in [6.07, 6.45) is 3.05. The predicted octanol–water partition coefficient (Wildman–Crippen LogP) is 2.47. The molecule has 0 spiro atoms. The Morgan fingerprint density at radius 2 is 2.15 bits per heavy atom. The first kappa shape index (κ1) is 15.4. The van der Waals surface area contributed by atoms with Gasteiger partial charge in [-0.1, -0.05) is 31.2 Å². The predicted molar refractivity (Wildman–Crippen MR) is 86.1 cm³/mol. The number of nitrogens with zero attached hydrogens (tertiary/aromatic N) is 1. The number of rotatable bonds is 4. The number of benzene rings is 1. The van der Waals surface area contributed by atoms with Crippen molar-refractivity contribution < 1.29 is 4.79 Å². The van der Waals surface area contributed by atoms with Gasteiger partial charge < -0.3 is 10.2 Å². The van der Waals surface area contributed by atoms with Crippen molar-refractivity contribution in [3.05, 3.63) is 35.4 Å². The van der Waals surface area contributed by atoms with Gasteiger partial charge in [0.15, 0.2) is 0 Å². The maximum absolute atomic E-state index is 12.5. The molecule has 2 atom stereocenters. The second-order valence-electron chi connectivity index (χ2n) is 5.22. The van der Waals surface area contributed by atoms with Crippen molar-refractivity contribution in [2.24, 2.45) is 0 Å². The van der Waals surface area contributed by atoms with Gasteiger partial charge in [0.05, 0.1) is 11.3 Å². The van der Waals surface area contributed by atoms with Crippen molar-refractivity contribution >= 4 is 17.7 Å². The molecular weight excluding hydrogens is 268 g/mol. The van der Waals surface area contributed by atoms with Gasteiger partial charge in [-0.25, -0.2) is 0 Å². The lowest BCUT2D eigenvalue weighted by Crippen LogP contribution is -2.50. The highest BCUT2D eigenvalue weighted by molar-refractivity contribution is 7.99. The molecule has 1 aliphatic heterocycles. The van der Waals surface area contributed by atoms with Crippen LogP contribution < -0.4 is 5.32 Å². The van der Waals surface area contributed by atoms with E-state index in [1.54, 1.807) is 11.8 Å². The monoisotopic (exact) mass is 292 g/mol. The molecule has 3 nitrogen and oxygen atoms in total.